The summed E-state index contributed by atoms with van der Waals surface area (Å²) < 4.78 is 11.1. The SMILES string of the molecule is NCC(=O)c1cc(OCc2ccccc2)cc2c1OCC(=O)N2. The first-order valence-corrected chi connectivity index (χ1v) is 7.18. The number of nitrogens with one attached hydrogen (secondary N) is 1. The van der Waals surface area contributed by atoms with Gasteiger partial charge in [0, 0.05) is 6.07 Å². The summed E-state index contributed by atoms with van der Waals surface area (Å²) in [6, 6.07) is 12.9. The number of carbonyl (C=O) groups excluding carboxylic acids is 2. The molecule has 1 aliphatic rings. The Bertz CT molecular complexity index is 744. The maximum atomic E-state index is 12.0. The molecule has 0 radical (unpaired) electrons. The smallest absolute Gasteiger partial charge is 0.262 e. The lowest BCUT2D eigenvalue weighted by Gasteiger charge is -2.21. The van der Waals surface area contributed by atoms with Gasteiger partial charge in [-0.15, -0.1) is 0 Å². The van der Waals surface area contributed by atoms with Gasteiger partial charge in [-0.1, -0.05) is 30.3 Å². The first kappa shape index (κ1) is 15.1. The number of ether oxygens (including phenoxy) is 2. The van der Waals surface area contributed by atoms with Gasteiger partial charge < -0.3 is 20.5 Å². The van der Waals surface area contributed by atoms with Gasteiger partial charge in [-0.05, 0) is 11.6 Å². The van der Waals surface area contributed by atoms with Gasteiger partial charge in [-0.25, -0.2) is 0 Å². The topological polar surface area (TPSA) is 90.7 Å². The summed E-state index contributed by atoms with van der Waals surface area (Å²) in [6.07, 6.45) is 0. The Kier molecular flexibility index (Phi) is 4.25. The number of hydrogen-bond donors (Lipinski definition) is 2. The van der Waals surface area contributed by atoms with Crippen molar-refractivity contribution in [3.63, 3.8) is 0 Å². The molecule has 0 aromatic heterocycles. The van der Waals surface area contributed by atoms with Gasteiger partial charge in [-0.3, -0.25) is 9.59 Å². The normalized spacial score (nSPS) is 12.8. The van der Waals surface area contributed by atoms with E-state index in [1.807, 2.05) is 30.3 Å². The third-order valence-electron chi connectivity index (χ3n) is 3.42. The van der Waals surface area contributed by atoms with E-state index in [1.165, 1.54) is 0 Å². The molecular formula is C17H16N2O4. The molecule has 23 heavy (non-hydrogen) atoms. The number of carbonyl (C=O) groups is 2. The number of amides is 1. The zero-order valence-electron chi connectivity index (χ0n) is 12.4. The molecule has 0 spiro atoms. The lowest BCUT2D eigenvalue weighted by molar-refractivity contribution is -0.118. The van der Waals surface area contributed by atoms with Gasteiger partial charge >= 0.3 is 0 Å². The van der Waals surface area contributed by atoms with E-state index in [0.717, 1.165) is 5.56 Å². The van der Waals surface area contributed by atoms with E-state index < -0.39 is 0 Å². The zero-order valence-corrected chi connectivity index (χ0v) is 12.4. The van der Waals surface area contributed by atoms with Crippen LogP contribution in [0.25, 0.3) is 0 Å². The highest BCUT2D eigenvalue weighted by Crippen LogP contribution is 2.36. The van der Waals surface area contributed by atoms with Crippen molar-refractivity contribution in [3.8, 4) is 11.5 Å². The van der Waals surface area contributed by atoms with Crippen molar-refractivity contribution in [1.82, 2.24) is 0 Å². The number of Topliss-reactive ketones (excluding diaryl/α,β-unsaturated/α-hetero) is 1. The predicted molar refractivity (Wildman–Crippen MR) is 84.7 cm³/mol. The predicted octanol–water partition coefficient (Wildman–Crippen LogP) is 1.74. The highest BCUT2D eigenvalue weighted by atomic mass is 16.5. The van der Waals surface area contributed by atoms with Crippen LogP contribution in [-0.4, -0.2) is 24.8 Å². The van der Waals surface area contributed by atoms with Crippen molar-refractivity contribution in [3.05, 3.63) is 53.6 Å². The maximum absolute atomic E-state index is 12.0. The second-order valence-corrected chi connectivity index (χ2v) is 5.09. The summed E-state index contributed by atoms with van der Waals surface area (Å²) in [7, 11) is 0. The molecule has 2 aromatic rings. The summed E-state index contributed by atoms with van der Waals surface area (Å²) in [5.74, 6) is 0.258. The lowest BCUT2D eigenvalue weighted by atomic mass is 10.1. The van der Waals surface area contributed by atoms with E-state index in [1.54, 1.807) is 12.1 Å². The van der Waals surface area contributed by atoms with Crippen LogP contribution in [0.15, 0.2) is 42.5 Å². The van der Waals surface area contributed by atoms with Crippen LogP contribution >= 0.6 is 0 Å². The first-order chi connectivity index (χ1) is 11.2. The molecule has 0 unspecified atom stereocenters. The summed E-state index contributed by atoms with van der Waals surface area (Å²) in [4.78, 5) is 23.5. The number of rotatable bonds is 5. The Morgan fingerprint density at radius 3 is 2.78 bits per heavy atom. The largest absolute Gasteiger partial charge is 0.489 e. The minimum absolute atomic E-state index is 0.123. The molecule has 0 atom stereocenters. The van der Waals surface area contributed by atoms with Crippen molar-refractivity contribution < 1.29 is 19.1 Å². The van der Waals surface area contributed by atoms with Gasteiger partial charge in [0.05, 0.1) is 17.8 Å². The van der Waals surface area contributed by atoms with Gasteiger partial charge in [0.1, 0.15) is 12.4 Å². The molecule has 3 rings (SSSR count). The number of nitrogens with two attached hydrogens (primary N) is 1. The molecule has 1 amide bonds. The summed E-state index contributed by atoms with van der Waals surface area (Å²) in [6.45, 7) is 0.0820. The molecular weight excluding hydrogens is 296 g/mol. The van der Waals surface area contributed by atoms with Gasteiger partial charge in [0.2, 0.25) is 0 Å². The quantitative estimate of drug-likeness (QED) is 0.821. The summed E-state index contributed by atoms with van der Waals surface area (Å²) in [5, 5.41) is 2.68. The number of anilines is 1. The zero-order chi connectivity index (χ0) is 16.2. The van der Waals surface area contributed by atoms with Crippen molar-refractivity contribution in [1.29, 1.82) is 0 Å². The maximum Gasteiger partial charge on any atom is 0.262 e. The standard InChI is InChI=1S/C17H16N2O4/c18-8-15(20)13-6-12(22-9-11-4-2-1-3-5-11)7-14-17(13)23-10-16(21)19-14/h1-7H,8-10,18H2,(H,19,21). The molecule has 0 saturated carbocycles. The second kappa shape index (κ2) is 6.50. The Morgan fingerprint density at radius 2 is 2.04 bits per heavy atom. The number of fused-ring (bicyclic) bond motifs is 1. The van der Waals surface area contributed by atoms with E-state index in [2.05, 4.69) is 5.32 Å². The molecule has 1 aliphatic heterocycles. The average Bonchev–Trinajstić information content (AvgIpc) is 2.59. The molecule has 6 heteroatoms. The summed E-state index contributed by atoms with van der Waals surface area (Å²) >= 11 is 0. The lowest BCUT2D eigenvalue weighted by Crippen LogP contribution is -2.27. The second-order valence-electron chi connectivity index (χ2n) is 5.09. The Balaban J connectivity index is 1.89. The third-order valence-corrected chi connectivity index (χ3v) is 3.42. The molecule has 0 aliphatic carbocycles. The van der Waals surface area contributed by atoms with Crippen molar-refractivity contribution in [2.24, 2.45) is 5.73 Å². The molecule has 0 fully saturated rings. The molecule has 0 bridgehead atoms. The molecule has 0 saturated heterocycles. The fraction of sp³-hybridized carbons (Fsp3) is 0.176. The Hall–Kier alpha value is -2.86. The van der Waals surface area contributed by atoms with Crippen molar-refractivity contribution in [2.45, 2.75) is 6.61 Å². The average molecular weight is 312 g/mol. The minimum Gasteiger partial charge on any atom is -0.489 e. The van der Waals surface area contributed by atoms with Crippen LogP contribution in [0.3, 0.4) is 0 Å². The van der Waals surface area contributed by atoms with Crippen LogP contribution in [0.5, 0.6) is 11.5 Å². The van der Waals surface area contributed by atoms with Gasteiger partial charge in [-0.2, -0.15) is 0 Å². The number of ketones is 1. The third kappa shape index (κ3) is 3.32. The number of hydrogen-bond acceptors (Lipinski definition) is 5. The fourth-order valence-corrected chi connectivity index (χ4v) is 2.32. The van der Waals surface area contributed by atoms with E-state index in [9.17, 15) is 9.59 Å². The molecule has 1 heterocycles. The molecule has 3 N–H and O–H groups in total. The Labute approximate surface area is 133 Å². The first-order valence-electron chi connectivity index (χ1n) is 7.18. The van der Waals surface area contributed by atoms with E-state index >= 15 is 0 Å². The van der Waals surface area contributed by atoms with Gasteiger partial charge in [0.25, 0.3) is 5.91 Å². The number of benzene rings is 2. The van der Waals surface area contributed by atoms with E-state index in [4.69, 9.17) is 15.2 Å². The Morgan fingerprint density at radius 1 is 1.26 bits per heavy atom. The van der Waals surface area contributed by atoms with Crippen molar-refractivity contribution >= 4 is 17.4 Å². The molecule has 118 valence electrons. The van der Waals surface area contributed by atoms with E-state index in [-0.39, 0.29) is 24.8 Å². The van der Waals surface area contributed by atoms with Crippen LogP contribution in [0.4, 0.5) is 5.69 Å². The van der Waals surface area contributed by atoms with E-state index in [0.29, 0.717) is 29.4 Å². The monoisotopic (exact) mass is 312 g/mol. The van der Waals surface area contributed by atoms with Crippen molar-refractivity contribution in [2.75, 3.05) is 18.5 Å². The van der Waals surface area contributed by atoms with Crippen LogP contribution in [0, 0.1) is 0 Å². The van der Waals surface area contributed by atoms with Crippen LogP contribution in [0.2, 0.25) is 0 Å². The molecule has 2 aromatic carbocycles. The fourth-order valence-electron chi connectivity index (χ4n) is 2.32. The van der Waals surface area contributed by atoms with Gasteiger partial charge in [0.15, 0.2) is 18.1 Å². The highest BCUT2D eigenvalue weighted by Gasteiger charge is 2.23. The summed E-state index contributed by atoms with van der Waals surface area (Å²) in [5.41, 5.74) is 7.18. The highest BCUT2D eigenvalue weighted by molar-refractivity contribution is 6.05. The van der Waals surface area contributed by atoms with Crippen LogP contribution in [-0.2, 0) is 11.4 Å². The van der Waals surface area contributed by atoms with Crippen LogP contribution in [0.1, 0.15) is 15.9 Å². The van der Waals surface area contributed by atoms with Crippen LogP contribution < -0.4 is 20.5 Å². The minimum atomic E-state index is -0.275. The molecule has 6 nitrogen and oxygen atoms in total.